The molecule has 4 rings (SSSR count). The van der Waals surface area contributed by atoms with Crippen LogP contribution < -0.4 is 0 Å². The van der Waals surface area contributed by atoms with Crippen molar-refractivity contribution in [3.8, 4) is 11.1 Å². The van der Waals surface area contributed by atoms with Gasteiger partial charge >= 0.3 is 18.2 Å². The molecule has 0 unspecified atom stereocenters. The van der Waals surface area contributed by atoms with Gasteiger partial charge in [-0.2, -0.15) is 0 Å². The Morgan fingerprint density at radius 2 is 1.54 bits per heavy atom. The number of likely N-dealkylation sites (tertiary alicyclic amines) is 1. The van der Waals surface area contributed by atoms with Crippen LogP contribution in [-0.4, -0.2) is 69.9 Å². The topological polar surface area (TPSA) is 96.4 Å². The summed E-state index contributed by atoms with van der Waals surface area (Å²) in [4.78, 5) is 40.6. The summed E-state index contributed by atoms with van der Waals surface area (Å²) in [6.45, 7) is 8.45. The minimum atomic E-state index is -1.58. The third-order valence-corrected chi connectivity index (χ3v) is 6.46. The molecule has 0 bridgehead atoms. The lowest BCUT2D eigenvalue weighted by molar-refractivity contribution is -0.164. The van der Waals surface area contributed by atoms with Crippen LogP contribution in [0.25, 0.3) is 11.1 Å². The minimum Gasteiger partial charge on any atom is -0.479 e. The lowest BCUT2D eigenvalue weighted by Crippen LogP contribution is -2.77. The number of benzene rings is 2. The molecule has 8 nitrogen and oxygen atoms in total. The van der Waals surface area contributed by atoms with Crippen LogP contribution in [0.15, 0.2) is 48.5 Å². The third kappa shape index (κ3) is 4.45. The van der Waals surface area contributed by atoms with E-state index >= 15 is 0 Å². The summed E-state index contributed by atoms with van der Waals surface area (Å²) >= 11 is 0. The number of rotatable bonds is 5. The Bertz CT molecular complexity index is 1100. The first-order valence-electron chi connectivity index (χ1n) is 11.8. The number of hydrogen-bond acceptors (Lipinski definition) is 5. The fourth-order valence-corrected chi connectivity index (χ4v) is 4.97. The number of fused-ring (bicyclic) bond motifs is 3. The molecule has 1 saturated heterocycles. The Hall–Kier alpha value is -3.55. The molecule has 0 spiro atoms. The fraction of sp³-hybridized carbons (Fsp3) is 0.444. The van der Waals surface area contributed by atoms with Gasteiger partial charge in [0, 0.05) is 12.0 Å². The molecule has 2 aliphatic rings. The van der Waals surface area contributed by atoms with Crippen LogP contribution in [0.2, 0.25) is 0 Å². The van der Waals surface area contributed by atoms with Gasteiger partial charge in [-0.15, -0.1) is 0 Å². The van der Waals surface area contributed by atoms with Crippen molar-refractivity contribution in [2.24, 2.45) is 0 Å². The molecule has 1 aliphatic carbocycles. The van der Waals surface area contributed by atoms with Gasteiger partial charge in [0.15, 0.2) is 5.54 Å². The number of hydrogen-bond donors (Lipinski definition) is 1. The van der Waals surface area contributed by atoms with Crippen LogP contribution in [-0.2, 0) is 14.3 Å². The Kier molecular flexibility index (Phi) is 6.25. The molecule has 35 heavy (non-hydrogen) atoms. The maximum Gasteiger partial charge on any atom is 0.411 e. The Morgan fingerprint density at radius 1 is 1.03 bits per heavy atom. The highest BCUT2D eigenvalue weighted by Crippen LogP contribution is 2.44. The van der Waals surface area contributed by atoms with Crippen molar-refractivity contribution in [1.82, 2.24) is 9.80 Å². The van der Waals surface area contributed by atoms with E-state index in [9.17, 15) is 19.5 Å². The molecule has 1 heterocycles. The molecule has 2 amide bonds. The van der Waals surface area contributed by atoms with E-state index in [4.69, 9.17) is 9.47 Å². The van der Waals surface area contributed by atoms with Crippen molar-refractivity contribution in [1.29, 1.82) is 0 Å². The maximum atomic E-state index is 13.3. The molecule has 2 aromatic carbocycles. The second-order valence-corrected chi connectivity index (χ2v) is 10.4. The van der Waals surface area contributed by atoms with Crippen LogP contribution in [0.3, 0.4) is 0 Å². The van der Waals surface area contributed by atoms with Crippen molar-refractivity contribution in [3.05, 3.63) is 59.7 Å². The third-order valence-electron chi connectivity index (χ3n) is 6.46. The van der Waals surface area contributed by atoms with Crippen LogP contribution in [0.4, 0.5) is 9.59 Å². The highest BCUT2D eigenvalue weighted by Gasteiger charge is 2.59. The molecule has 0 atom stereocenters. The number of aliphatic carboxylic acids is 1. The fourth-order valence-electron chi connectivity index (χ4n) is 4.97. The predicted octanol–water partition coefficient (Wildman–Crippen LogP) is 4.72. The molecule has 8 heteroatoms. The van der Waals surface area contributed by atoms with E-state index in [2.05, 4.69) is 12.1 Å². The monoisotopic (exact) mass is 480 g/mol. The summed E-state index contributed by atoms with van der Waals surface area (Å²) in [7, 11) is 0. The Balaban J connectivity index is 1.52. The van der Waals surface area contributed by atoms with E-state index in [1.165, 1.54) is 9.80 Å². The maximum absolute atomic E-state index is 13.3. The van der Waals surface area contributed by atoms with E-state index in [0.29, 0.717) is 0 Å². The van der Waals surface area contributed by atoms with Gasteiger partial charge in [0.05, 0.1) is 13.1 Å². The normalized spacial score (nSPS) is 16.2. The van der Waals surface area contributed by atoms with Crippen LogP contribution in [0.5, 0.6) is 0 Å². The molecule has 2 aromatic rings. The van der Waals surface area contributed by atoms with Gasteiger partial charge in [0.2, 0.25) is 0 Å². The highest BCUT2D eigenvalue weighted by molar-refractivity contribution is 5.89. The van der Waals surface area contributed by atoms with Crippen molar-refractivity contribution < 1.29 is 29.0 Å². The second-order valence-electron chi connectivity index (χ2n) is 10.4. The van der Waals surface area contributed by atoms with Gasteiger partial charge < -0.3 is 19.5 Å². The Morgan fingerprint density at radius 3 is 2.00 bits per heavy atom. The summed E-state index contributed by atoms with van der Waals surface area (Å²) in [5, 5.41) is 10.1. The van der Waals surface area contributed by atoms with E-state index in [-0.39, 0.29) is 25.6 Å². The zero-order valence-electron chi connectivity index (χ0n) is 20.8. The van der Waals surface area contributed by atoms with Crippen LogP contribution in [0.1, 0.15) is 51.7 Å². The van der Waals surface area contributed by atoms with Gasteiger partial charge in [-0.1, -0.05) is 48.5 Å². The van der Waals surface area contributed by atoms with Crippen LogP contribution >= 0.6 is 0 Å². The number of nitrogens with zero attached hydrogens (tertiary/aromatic N) is 2. The zero-order valence-corrected chi connectivity index (χ0v) is 20.8. The molecule has 1 fully saturated rings. The van der Waals surface area contributed by atoms with E-state index in [1.54, 1.807) is 34.6 Å². The number of amides is 2. The molecular formula is C27H32N2O6. The molecule has 1 aliphatic heterocycles. The first-order chi connectivity index (χ1) is 16.4. The molecular weight excluding hydrogens is 448 g/mol. The van der Waals surface area contributed by atoms with Gasteiger partial charge in [0.25, 0.3) is 0 Å². The number of carboxylic acid groups (broad SMARTS) is 1. The molecule has 0 aromatic heterocycles. The van der Waals surface area contributed by atoms with Gasteiger partial charge in [-0.25, -0.2) is 14.4 Å². The van der Waals surface area contributed by atoms with E-state index in [1.807, 2.05) is 36.4 Å². The average Bonchev–Trinajstić information content (AvgIpc) is 3.06. The van der Waals surface area contributed by atoms with E-state index < -0.39 is 35.3 Å². The lowest BCUT2D eigenvalue weighted by Gasteiger charge is -2.53. The van der Waals surface area contributed by atoms with Crippen LogP contribution in [0, 0.1) is 0 Å². The van der Waals surface area contributed by atoms with Gasteiger partial charge in [-0.05, 0) is 56.9 Å². The van der Waals surface area contributed by atoms with Gasteiger partial charge in [0.1, 0.15) is 12.2 Å². The van der Waals surface area contributed by atoms with Gasteiger partial charge in [-0.3, -0.25) is 4.90 Å². The summed E-state index contributed by atoms with van der Waals surface area (Å²) in [5.41, 5.74) is 2.09. The SMILES string of the molecule is CC(C)N(C(=O)OCC1c2ccccc2-c2ccccc21)C1(C(=O)O)CN(C(=O)OC(C)(C)C)C1. The largest absolute Gasteiger partial charge is 0.479 e. The highest BCUT2D eigenvalue weighted by atomic mass is 16.6. The summed E-state index contributed by atoms with van der Waals surface area (Å²) in [6.07, 6.45) is -1.32. The standard InChI is InChI=1S/C27H32N2O6/c1-17(2)29(27(23(30)31)15-28(16-27)24(32)35-26(3,4)5)25(33)34-14-22-20-12-8-6-10-18(20)19-11-7-9-13-21(19)22/h6-13,17,22H,14-16H2,1-5H3,(H,30,31). The first kappa shape index (κ1) is 24.6. The molecule has 1 N–H and O–H groups in total. The molecule has 0 saturated carbocycles. The number of ether oxygens (including phenoxy) is 2. The van der Waals surface area contributed by atoms with Crippen molar-refractivity contribution in [3.63, 3.8) is 0 Å². The number of carbonyl (C=O) groups excluding carboxylic acids is 2. The van der Waals surface area contributed by atoms with Crippen molar-refractivity contribution >= 4 is 18.2 Å². The second kappa shape index (κ2) is 8.91. The average molecular weight is 481 g/mol. The quantitative estimate of drug-likeness (QED) is 0.665. The van der Waals surface area contributed by atoms with E-state index in [0.717, 1.165) is 22.3 Å². The number of carbonyl (C=O) groups is 3. The smallest absolute Gasteiger partial charge is 0.411 e. The molecule has 186 valence electrons. The first-order valence-corrected chi connectivity index (χ1v) is 11.8. The number of carboxylic acids is 1. The minimum absolute atomic E-state index is 0.0849. The van der Waals surface area contributed by atoms with Crippen molar-refractivity contribution in [2.45, 2.75) is 57.7 Å². The van der Waals surface area contributed by atoms with Crippen molar-refractivity contribution in [2.75, 3.05) is 19.7 Å². The summed E-state index contributed by atoms with van der Waals surface area (Å²) in [5.74, 6) is -1.32. The predicted molar refractivity (Wildman–Crippen MR) is 130 cm³/mol. The molecule has 0 radical (unpaired) electrons. The Labute approximate surface area is 205 Å². The summed E-state index contributed by atoms with van der Waals surface area (Å²) in [6, 6.07) is 15.6. The zero-order chi connectivity index (χ0) is 25.5. The lowest BCUT2D eigenvalue weighted by atomic mass is 9.87. The summed E-state index contributed by atoms with van der Waals surface area (Å²) < 4.78 is 11.1.